The minimum Gasteiger partial charge on any atom is -0.317 e. The molecule has 1 fully saturated rings. The van der Waals surface area contributed by atoms with Gasteiger partial charge in [-0.3, -0.25) is 0 Å². The monoisotopic (exact) mass is 215 g/mol. The normalized spacial score (nSPS) is 17.3. The van der Waals surface area contributed by atoms with E-state index in [2.05, 4.69) is 43.1 Å². The zero-order valence-electron chi connectivity index (χ0n) is 10.1. The standard InChI is InChI=1S/C15H21N/c1-12(2)15-5-3-4-14(11-15)10-13-6-8-16-9-7-13/h3-5,11,13,16H,1,6-10H2,2H3. The molecule has 1 nitrogen and oxygen atoms in total. The summed E-state index contributed by atoms with van der Waals surface area (Å²) >= 11 is 0. The van der Waals surface area contributed by atoms with Crippen LogP contribution in [0.2, 0.25) is 0 Å². The van der Waals surface area contributed by atoms with E-state index < -0.39 is 0 Å². The van der Waals surface area contributed by atoms with Crippen LogP contribution in [0.1, 0.15) is 30.9 Å². The molecule has 0 spiro atoms. The zero-order chi connectivity index (χ0) is 11.4. The van der Waals surface area contributed by atoms with E-state index in [0.717, 1.165) is 11.5 Å². The second-order valence-corrected chi connectivity index (χ2v) is 4.88. The van der Waals surface area contributed by atoms with E-state index in [-0.39, 0.29) is 0 Å². The molecule has 1 heteroatoms. The third-order valence-corrected chi connectivity index (χ3v) is 3.40. The number of hydrogen-bond acceptors (Lipinski definition) is 1. The molecule has 0 atom stereocenters. The van der Waals surface area contributed by atoms with Crippen molar-refractivity contribution >= 4 is 5.57 Å². The van der Waals surface area contributed by atoms with E-state index in [1.807, 2.05) is 0 Å². The van der Waals surface area contributed by atoms with Gasteiger partial charge in [0.05, 0.1) is 0 Å². The van der Waals surface area contributed by atoms with Gasteiger partial charge in [0, 0.05) is 0 Å². The average Bonchev–Trinajstić information content (AvgIpc) is 2.30. The summed E-state index contributed by atoms with van der Waals surface area (Å²) in [4.78, 5) is 0. The van der Waals surface area contributed by atoms with Gasteiger partial charge in [-0.2, -0.15) is 0 Å². The molecule has 0 saturated carbocycles. The van der Waals surface area contributed by atoms with Crippen molar-refractivity contribution in [2.45, 2.75) is 26.2 Å². The van der Waals surface area contributed by atoms with Crippen LogP contribution in [-0.2, 0) is 6.42 Å². The molecule has 0 unspecified atom stereocenters. The third-order valence-electron chi connectivity index (χ3n) is 3.40. The van der Waals surface area contributed by atoms with Crippen molar-refractivity contribution in [3.8, 4) is 0 Å². The van der Waals surface area contributed by atoms with E-state index in [4.69, 9.17) is 0 Å². The fraction of sp³-hybridized carbons (Fsp3) is 0.467. The second kappa shape index (κ2) is 5.31. The SMILES string of the molecule is C=C(C)c1cccc(CC2CCNCC2)c1. The van der Waals surface area contributed by atoms with Gasteiger partial charge in [-0.05, 0) is 56.3 Å². The Labute approximate surface area is 98.6 Å². The Hall–Kier alpha value is -1.08. The van der Waals surface area contributed by atoms with Crippen LogP contribution in [0.3, 0.4) is 0 Å². The molecule has 0 aliphatic carbocycles. The van der Waals surface area contributed by atoms with Gasteiger partial charge in [-0.15, -0.1) is 0 Å². The van der Waals surface area contributed by atoms with Crippen molar-refractivity contribution in [2.75, 3.05) is 13.1 Å². The van der Waals surface area contributed by atoms with Gasteiger partial charge < -0.3 is 5.32 Å². The minimum absolute atomic E-state index is 0.863. The smallest absolute Gasteiger partial charge is 0.00462 e. The summed E-state index contributed by atoms with van der Waals surface area (Å²) in [5.41, 5.74) is 3.91. The lowest BCUT2D eigenvalue weighted by Gasteiger charge is -2.22. The summed E-state index contributed by atoms with van der Waals surface area (Å²) in [7, 11) is 0. The first-order valence-corrected chi connectivity index (χ1v) is 6.21. The van der Waals surface area contributed by atoms with E-state index in [0.29, 0.717) is 0 Å². The number of rotatable bonds is 3. The van der Waals surface area contributed by atoms with Crippen LogP contribution >= 0.6 is 0 Å². The maximum atomic E-state index is 4.00. The summed E-state index contributed by atoms with van der Waals surface area (Å²) < 4.78 is 0. The highest BCUT2D eigenvalue weighted by Gasteiger charge is 2.13. The molecule has 1 N–H and O–H groups in total. The first kappa shape index (κ1) is 11.4. The van der Waals surface area contributed by atoms with E-state index in [1.54, 1.807) is 0 Å². The predicted molar refractivity (Wildman–Crippen MR) is 70.4 cm³/mol. The van der Waals surface area contributed by atoms with Gasteiger partial charge >= 0.3 is 0 Å². The van der Waals surface area contributed by atoms with Crippen LogP contribution in [0.15, 0.2) is 30.8 Å². The van der Waals surface area contributed by atoms with Crippen molar-refractivity contribution in [3.05, 3.63) is 42.0 Å². The lowest BCUT2D eigenvalue weighted by atomic mass is 9.90. The summed E-state index contributed by atoms with van der Waals surface area (Å²) in [5.74, 6) is 0.863. The largest absolute Gasteiger partial charge is 0.317 e. The molecule has 0 aromatic heterocycles. The van der Waals surface area contributed by atoms with Gasteiger partial charge in [0.2, 0.25) is 0 Å². The molecule has 86 valence electrons. The molecule has 1 aromatic carbocycles. The lowest BCUT2D eigenvalue weighted by molar-refractivity contribution is 0.372. The molecular weight excluding hydrogens is 194 g/mol. The zero-order valence-corrected chi connectivity index (χ0v) is 10.1. The Kier molecular flexibility index (Phi) is 3.79. The molecule has 1 aromatic rings. The Morgan fingerprint density at radius 1 is 1.38 bits per heavy atom. The van der Waals surface area contributed by atoms with Crippen LogP contribution in [0.5, 0.6) is 0 Å². The van der Waals surface area contributed by atoms with Crippen molar-refractivity contribution in [1.29, 1.82) is 0 Å². The number of allylic oxidation sites excluding steroid dienone is 1. The fourth-order valence-corrected chi connectivity index (χ4v) is 2.38. The van der Waals surface area contributed by atoms with Gasteiger partial charge in [0.15, 0.2) is 0 Å². The Morgan fingerprint density at radius 3 is 2.81 bits per heavy atom. The maximum absolute atomic E-state index is 4.00. The van der Waals surface area contributed by atoms with E-state index >= 15 is 0 Å². The highest BCUT2D eigenvalue weighted by molar-refractivity contribution is 5.61. The topological polar surface area (TPSA) is 12.0 Å². The number of benzene rings is 1. The molecule has 16 heavy (non-hydrogen) atoms. The van der Waals surface area contributed by atoms with Gasteiger partial charge in [-0.1, -0.05) is 36.4 Å². The molecule has 1 aliphatic heterocycles. The van der Waals surface area contributed by atoms with E-state index in [1.165, 1.54) is 43.5 Å². The average molecular weight is 215 g/mol. The van der Waals surface area contributed by atoms with E-state index in [9.17, 15) is 0 Å². The first-order valence-electron chi connectivity index (χ1n) is 6.21. The molecule has 1 aliphatic rings. The summed E-state index contributed by atoms with van der Waals surface area (Å²) in [6.45, 7) is 8.45. The van der Waals surface area contributed by atoms with Gasteiger partial charge in [0.25, 0.3) is 0 Å². The quantitative estimate of drug-likeness (QED) is 0.816. The highest BCUT2D eigenvalue weighted by Crippen LogP contribution is 2.20. The molecular formula is C15H21N. The maximum Gasteiger partial charge on any atom is -0.00462 e. The fourth-order valence-electron chi connectivity index (χ4n) is 2.38. The Balaban J connectivity index is 2.02. The second-order valence-electron chi connectivity index (χ2n) is 4.88. The number of hydrogen-bond donors (Lipinski definition) is 1. The Morgan fingerprint density at radius 2 is 2.12 bits per heavy atom. The van der Waals surface area contributed by atoms with Crippen LogP contribution in [0.25, 0.3) is 5.57 Å². The van der Waals surface area contributed by atoms with Crippen molar-refractivity contribution in [3.63, 3.8) is 0 Å². The van der Waals surface area contributed by atoms with Crippen molar-refractivity contribution in [1.82, 2.24) is 5.32 Å². The molecule has 0 radical (unpaired) electrons. The highest BCUT2D eigenvalue weighted by atomic mass is 14.9. The molecule has 0 amide bonds. The summed E-state index contributed by atoms with van der Waals surface area (Å²) in [6, 6.07) is 8.84. The predicted octanol–water partition coefficient (Wildman–Crippen LogP) is 3.26. The first-order chi connectivity index (χ1) is 7.75. The third kappa shape index (κ3) is 2.96. The van der Waals surface area contributed by atoms with Crippen LogP contribution in [-0.4, -0.2) is 13.1 Å². The lowest BCUT2D eigenvalue weighted by Crippen LogP contribution is -2.28. The Bertz CT molecular complexity index is 361. The molecule has 1 saturated heterocycles. The molecule has 1 heterocycles. The van der Waals surface area contributed by atoms with Crippen molar-refractivity contribution in [2.24, 2.45) is 5.92 Å². The van der Waals surface area contributed by atoms with Gasteiger partial charge in [0.1, 0.15) is 0 Å². The number of piperidine rings is 1. The molecule has 2 rings (SSSR count). The van der Waals surface area contributed by atoms with Crippen LogP contribution in [0, 0.1) is 5.92 Å². The summed E-state index contributed by atoms with van der Waals surface area (Å²) in [5, 5.41) is 3.42. The van der Waals surface area contributed by atoms with Gasteiger partial charge in [-0.25, -0.2) is 0 Å². The van der Waals surface area contributed by atoms with Crippen LogP contribution in [0.4, 0.5) is 0 Å². The van der Waals surface area contributed by atoms with Crippen LogP contribution < -0.4 is 5.32 Å². The minimum atomic E-state index is 0.863. The number of nitrogens with one attached hydrogen (secondary N) is 1. The van der Waals surface area contributed by atoms with Crippen molar-refractivity contribution < 1.29 is 0 Å². The summed E-state index contributed by atoms with van der Waals surface area (Å²) in [6.07, 6.45) is 3.86. The molecule has 0 bridgehead atoms.